The summed E-state index contributed by atoms with van der Waals surface area (Å²) in [6, 6.07) is 20.1. The van der Waals surface area contributed by atoms with Crippen molar-refractivity contribution in [3.63, 3.8) is 0 Å². The number of hydrogen-bond acceptors (Lipinski definition) is 7. The fraction of sp³-hybridized carbons (Fsp3) is 0.387. The van der Waals surface area contributed by atoms with Crippen molar-refractivity contribution in [1.82, 2.24) is 10.2 Å². The number of amides is 3. The molecule has 0 unspecified atom stereocenters. The molecule has 3 rings (SSSR count). The van der Waals surface area contributed by atoms with Crippen LogP contribution in [-0.2, 0) is 34.0 Å². The Morgan fingerprint density at radius 3 is 2.30 bits per heavy atom. The van der Waals surface area contributed by atoms with Gasteiger partial charge in [-0.2, -0.15) is 0 Å². The second kappa shape index (κ2) is 15.6. The van der Waals surface area contributed by atoms with Gasteiger partial charge in [0.05, 0.1) is 6.54 Å². The van der Waals surface area contributed by atoms with Gasteiger partial charge in [0, 0.05) is 34.0 Å². The van der Waals surface area contributed by atoms with Crippen LogP contribution < -0.4 is 11.1 Å². The summed E-state index contributed by atoms with van der Waals surface area (Å²) in [5.74, 6) is -0.374. The number of carbonyl (C=O) groups is 3. The van der Waals surface area contributed by atoms with Crippen molar-refractivity contribution in [3.8, 4) is 0 Å². The van der Waals surface area contributed by atoms with E-state index in [2.05, 4.69) is 15.3 Å². The first-order chi connectivity index (χ1) is 20.5. The Labute approximate surface area is 255 Å². The SMILES string of the molecule is CC(C)(C)[C@](CCCCNC(=O)OCc1ccccc1)(OC(N)=O)C(=O)N(Cc1ccc(N=[N+]=[N-])cc1)Cc1cccs1. The molecule has 12 heteroatoms. The summed E-state index contributed by atoms with van der Waals surface area (Å²) in [6.45, 7) is 6.51. The van der Waals surface area contributed by atoms with Crippen LogP contribution in [0.15, 0.2) is 77.2 Å². The molecule has 11 nitrogen and oxygen atoms in total. The molecule has 43 heavy (non-hydrogen) atoms. The van der Waals surface area contributed by atoms with Crippen molar-refractivity contribution in [2.75, 3.05) is 6.54 Å². The summed E-state index contributed by atoms with van der Waals surface area (Å²) in [4.78, 5) is 44.3. The van der Waals surface area contributed by atoms with Gasteiger partial charge in [0.25, 0.3) is 5.91 Å². The molecule has 0 saturated carbocycles. The summed E-state index contributed by atoms with van der Waals surface area (Å²) in [7, 11) is 0. The maximum atomic E-state index is 14.5. The summed E-state index contributed by atoms with van der Waals surface area (Å²) in [6.07, 6.45) is -0.414. The number of alkyl carbamates (subject to hydrolysis) is 1. The van der Waals surface area contributed by atoms with Crippen LogP contribution in [0.25, 0.3) is 10.4 Å². The third kappa shape index (κ3) is 9.76. The minimum atomic E-state index is -1.57. The molecule has 3 aromatic rings. The van der Waals surface area contributed by atoms with Gasteiger partial charge in [0.2, 0.25) is 0 Å². The lowest BCUT2D eigenvalue weighted by Gasteiger charge is -2.44. The molecule has 3 N–H and O–H groups in total. The number of thiophene rings is 1. The first-order valence-electron chi connectivity index (χ1n) is 13.9. The summed E-state index contributed by atoms with van der Waals surface area (Å²) < 4.78 is 11.0. The number of nitrogens with zero attached hydrogens (tertiary/aromatic N) is 4. The van der Waals surface area contributed by atoms with Crippen LogP contribution in [0.2, 0.25) is 0 Å². The number of rotatable bonds is 14. The zero-order valence-corrected chi connectivity index (χ0v) is 25.5. The van der Waals surface area contributed by atoms with Crippen LogP contribution in [0.1, 0.15) is 56.0 Å². The van der Waals surface area contributed by atoms with E-state index in [4.69, 9.17) is 20.7 Å². The molecule has 1 heterocycles. The highest BCUT2D eigenvalue weighted by atomic mass is 32.1. The van der Waals surface area contributed by atoms with Gasteiger partial charge in [-0.1, -0.05) is 86.5 Å². The summed E-state index contributed by atoms with van der Waals surface area (Å²) >= 11 is 1.52. The number of carbonyl (C=O) groups excluding carboxylic acids is 3. The predicted octanol–water partition coefficient (Wildman–Crippen LogP) is 7.20. The molecule has 1 atom stereocenters. The van der Waals surface area contributed by atoms with Crippen LogP contribution >= 0.6 is 11.3 Å². The minimum absolute atomic E-state index is 0.162. The number of azide groups is 1. The Hall–Kier alpha value is -4.54. The highest BCUT2D eigenvalue weighted by molar-refractivity contribution is 7.09. The Morgan fingerprint density at radius 1 is 0.977 bits per heavy atom. The van der Waals surface area contributed by atoms with Crippen molar-refractivity contribution in [1.29, 1.82) is 0 Å². The number of primary amides is 1. The fourth-order valence-electron chi connectivity index (χ4n) is 4.67. The van der Waals surface area contributed by atoms with Crippen molar-refractivity contribution in [3.05, 3.63) is 98.6 Å². The van der Waals surface area contributed by atoms with Crippen LogP contribution in [0, 0.1) is 5.41 Å². The summed E-state index contributed by atoms with van der Waals surface area (Å²) in [5.41, 5.74) is 14.0. The van der Waals surface area contributed by atoms with E-state index in [0.717, 1.165) is 16.0 Å². The molecule has 2 aromatic carbocycles. The third-order valence-corrected chi connectivity index (χ3v) is 7.81. The third-order valence-electron chi connectivity index (χ3n) is 6.95. The lowest BCUT2D eigenvalue weighted by Crippen LogP contribution is -2.59. The highest BCUT2D eigenvalue weighted by Crippen LogP contribution is 2.41. The van der Waals surface area contributed by atoms with Crippen molar-refractivity contribution in [2.45, 2.75) is 65.3 Å². The molecule has 0 radical (unpaired) electrons. The van der Waals surface area contributed by atoms with Crippen LogP contribution in [-0.4, -0.2) is 35.1 Å². The summed E-state index contributed by atoms with van der Waals surface area (Å²) in [5, 5.41) is 8.27. The molecule has 0 aliphatic carbocycles. The van der Waals surface area contributed by atoms with Gasteiger partial charge < -0.3 is 25.4 Å². The highest BCUT2D eigenvalue weighted by Gasteiger charge is 2.53. The average molecular weight is 607 g/mol. The van der Waals surface area contributed by atoms with Crippen molar-refractivity contribution in [2.24, 2.45) is 16.3 Å². The van der Waals surface area contributed by atoms with Gasteiger partial charge in [0.1, 0.15) is 6.61 Å². The number of hydrogen-bond donors (Lipinski definition) is 2. The fourth-order valence-corrected chi connectivity index (χ4v) is 5.39. The smallest absolute Gasteiger partial charge is 0.407 e. The molecule has 0 saturated heterocycles. The van der Waals surface area contributed by atoms with Crippen LogP contribution in [0.3, 0.4) is 0 Å². The Kier molecular flexibility index (Phi) is 12.0. The van der Waals surface area contributed by atoms with Gasteiger partial charge in [-0.05, 0) is 47.4 Å². The topological polar surface area (TPSA) is 160 Å². The van der Waals surface area contributed by atoms with E-state index in [1.165, 1.54) is 11.3 Å². The van der Waals surface area contributed by atoms with E-state index in [-0.39, 0.29) is 25.5 Å². The molecule has 0 aliphatic rings. The first kappa shape index (κ1) is 33.0. The van der Waals surface area contributed by atoms with Gasteiger partial charge >= 0.3 is 12.2 Å². The molecular formula is C31H38N6O5S. The van der Waals surface area contributed by atoms with Crippen molar-refractivity contribution < 1.29 is 23.9 Å². The Bertz CT molecular complexity index is 1390. The zero-order valence-electron chi connectivity index (χ0n) is 24.7. The lowest BCUT2D eigenvalue weighted by molar-refractivity contribution is -0.166. The standard InChI is InChI=1S/C31H38N6O5S/c1-30(2,3)31(42-28(32)39,17-7-8-18-34-29(40)41-22-24-10-5-4-6-11-24)27(38)37(21-26-12-9-19-43-26)20-23-13-15-25(16-14-23)35-36-33/h4-6,9-16,19H,7-8,17-18,20-22H2,1-3H3,(H2,32,39)(H,34,40)/t31-/m1/s1. The lowest BCUT2D eigenvalue weighted by atomic mass is 9.72. The van der Waals surface area contributed by atoms with Gasteiger partial charge in [-0.3, -0.25) is 4.79 Å². The molecule has 1 aromatic heterocycles. The van der Waals surface area contributed by atoms with Crippen molar-refractivity contribution >= 4 is 35.1 Å². The van der Waals surface area contributed by atoms with Gasteiger partial charge in [-0.15, -0.1) is 11.3 Å². The van der Waals surface area contributed by atoms with Gasteiger partial charge in [0.15, 0.2) is 5.60 Å². The Balaban J connectivity index is 1.75. The monoisotopic (exact) mass is 606 g/mol. The number of ether oxygens (including phenoxy) is 2. The van der Waals surface area contributed by atoms with E-state index in [0.29, 0.717) is 31.6 Å². The Morgan fingerprint density at radius 2 is 1.70 bits per heavy atom. The molecule has 3 amide bonds. The van der Waals surface area contributed by atoms with E-state index in [1.807, 2.05) is 68.6 Å². The quantitative estimate of drug-likeness (QED) is 0.0858. The van der Waals surface area contributed by atoms with Crippen LogP contribution in [0.4, 0.5) is 15.3 Å². The zero-order chi connectivity index (χ0) is 31.3. The number of unbranched alkanes of at least 4 members (excludes halogenated alkanes) is 1. The number of nitrogens with two attached hydrogens (primary N) is 1. The second-order valence-electron chi connectivity index (χ2n) is 11.0. The van der Waals surface area contributed by atoms with Crippen LogP contribution in [0.5, 0.6) is 0 Å². The van der Waals surface area contributed by atoms with Gasteiger partial charge in [-0.25, -0.2) is 9.59 Å². The maximum absolute atomic E-state index is 14.5. The number of benzene rings is 2. The van der Waals surface area contributed by atoms with E-state index >= 15 is 0 Å². The molecule has 0 fully saturated rings. The largest absolute Gasteiger partial charge is 0.445 e. The molecule has 0 bridgehead atoms. The first-order valence-corrected chi connectivity index (χ1v) is 14.8. The number of nitrogens with one attached hydrogen (secondary N) is 1. The second-order valence-corrected chi connectivity index (χ2v) is 12.1. The van der Waals surface area contributed by atoms with E-state index < -0.39 is 23.2 Å². The maximum Gasteiger partial charge on any atom is 0.407 e. The van der Waals surface area contributed by atoms with E-state index in [9.17, 15) is 14.4 Å². The molecule has 0 spiro atoms. The molecule has 0 aliphatic heterocycles. The predicted molar refractivity (Wildman–Crippen MR) is 165 cm³/mol. The molecular weight excluding hydrogens is 568 g/mol. The normalized spacial score (nSPS) is 12.3. The van der Waals surface area contributed by atoms with E-state index in [1.54, 1.807) is 29.2 Å². The average Bonchev–Trinajstić information content (AvgIpc) is 3.48. The minimum Gasteiger partial charge on any atom is -0.445 e. The molecule has 228 valence electrons.